The Balaban J connectivity index is 1.15. The standard InChI is InChI=1S/C53H36N6/c1-34-42(27-25-38-26-28-49(57-50(34)38)58-47-23-11-9-19-43(47)45-21-13-29-54-51(45)58)53(59-48-24-12-10-20-44(48)46-22-14-30-55-52(46)59)56-35(2)39-31-40(36-15-5-3-6-16-36)33-41(32-39)37-17-7-4-8-18-37/h3-33H,2H2,1H3. The summed E-state index contributed by atoms with van der Waals surface area (Å²) in [5.41, 5.74) is 12.6. The summed E-state index contributed by atoms with van der Waals surface area (Å²) in [5, 5.41) is 5.42. The van der Waals surface area contributed by atoms with Gasteiger partial charge < -0.3 is 0 Å². The van der Waals surface area contributed by atoms with Crippen LogP contribution in [0.4, 0.5) is 0 Å². The zero-order chi connectivity index (χ0) is 39.5. The second-order valence-corrected chi connectivity index (χ2v) is 14.8. The van der Waals surface area contributed by atoms with Gasteiger partial charge in [0.1, 0.15) is 22.9 Å². The number of aliphatic imine (C=N–C) groups is 1. The summed E-state index contributed by atoms with van der Waals surface area (Å²) in [4.78, 5) is 20.8. The molecule has 0 aliphatic heterocycles. The molecule has 6 heteroatoms. The first-order chi connectivity index (χ1) is 29.1. The number of nitrogens with zero attached hydrogens (tertiary/aromatic N) is 6. The molecule has 0 saturated heterocycles. The zero-order valence-electron chi connectivity index (χ0n) is 32.3. The summed E-state index contributed by atoms with van der Waals surface area (Å²) in [7, 11) is 0. The van der Waals surface area contributed by atoms with Crippen molar-refractivity contribution in [1.29, 1.82) is 0 Å². The van der Waals surface area contributed by atoms with E-state index in [2.05, 4.69) is 174 Å². The minimum atomic E-state index is 0.634. The Morgan fingerprint density at radius 2 is 1.08 bits per heavy atom. The Hall–Kier alpha value is -7.96. The molecule has 0 radical (unpaired) electrons. The van der Waals surface area contributed by atoms with Crippen LogP contribution >= 0.6 is 0 Å². The van der Waals surface area contributed by atoms with Gasteiger partial charge in [-0.1, -0.05) is 116 Å². The number of hydrogen-bond donors (Lipinski definition) is 0. The summed E-state index contributed by atoms with van der Waals surface area (Å²) in [6.07, 6.45) is 3.69. The average Bonchev–Trinajstić information content (AvgIpc) is 3.82. The molecule has 5 heterocycles. The Morgan fingerprint density at radius 3 is 1.78 bits per heavy atom. The molecule has 11 rings (SSSR count). The predicted molar refractivity (Wildman–Crippen MR) is 244 cm³/mol. The van der Waals surface area contributed by atoms with Gasteiger partial charge in [0, 0.05) is 50.5 Å². The van der Waals surface area contributed by atoms with Crippen molar-refractivity contribution in [2.24, 2.45) is 4.99 Å². The number of para-hydroxylation sites is 2. The van der Waals surface area contributed by atoms with Crippen molar-refractivity contribution in [2.75, 3.05) is 0 Å². The van der Waals surface area contributed by atoms with E-state index in [1.54, 1.807) is 0 Å². The molecule has 5 aromatic heterocycles. The lowest BCUT2D eigenvalue weighted by molar-refractivity contribution is 1.07. The van der Waals surface area contributed by atoms with Crippen molar-refractivity contribution in [2.45, 2.75) is 6.92 Å². The molecule has 59 heavy (non-hydrogen) atoms. The highest BCUT2D eigenvalue weighted by molar-refractivity contribution is 6.18. The van der Waals surface area contributed by atoms with E-state index in [1.165, 1.54) is 0 Å². The van der Waals surface area contributed by atoms with Crippen molar-refractivity contribution in [1.82, 2.24) is 24.1 Å². The molecule has 0 unspecified atom stereocenters. The van der Waals surface area contributed by atoms with E-state index < -0.39 is 0 Å². The Morgan fingerprint density at radius 1 is 0.525 bits per heavy atom. The molecule has 11 aromatic rings. The maximum absolute atomic E-state index is 5.55. The fourth-order valence-corrected chi connectivity index (χ4v) is 8.54. The van der Waals surface area contributed by atoms with Gasteiger partial charge in [0.05, 0.1) is 22.2 Å². The van der Waals surface area contributed by atoms with Gasteiger partial charge in [-0.2, -0.15) is 0 Å². The molecule has 0 aliphatic rings. The number of aromatic nitrogens is 5. The van der Waals surface area contributed by atoms with Crippen molar-refractivity contribution >= 4 is 66.3 Å². The third-order valence-electron chi connectivity index (χ3n) is 11.4. The molecule has 0 amide bonds. The molecule has 0 atom stereocenters. The van der Waals surface area contributed by atoms with Crippen LogP contribution in [0.1, 0.15) is 16.7 Å². The maximum atomic E-state index is 5.55. The normalized spacial score (nSPS) is 12.0. The number of pyridine rings is 3. The Kier molecular flexibility index (Phi) is 8.08. The first-order valence-electron chi connectivity index (χ1n) is 19.7. The van der Waals surface area contributed by atoms with Crippen molar-refractivity contribution < 1.29 is 0 Å². The SMILES string of the molecule is C=C(N=C(c1ccc2ccc(-n3c4ccccc4c4cccnc43)nc2c1C)n1c2ccccc2c2cccnc21)c1cc(-c2ccccc2)cc(-c2ccccc2)c1. The summed E-state index contributed by atoms with van der Waals surface area (Å²) in [6, 6.07) is 61.2. The molecule has 0 fully saturated rings. The molecular formula is C53H36N6. The topological polar surface area (TPSA) is 60.9 Å². The fourth-order valence-electron chi connectivity index (χ4n) is 8.54. The van der Waals surface area contributed by atoms with Crippen LogP contribution in [0.5, 0.6) is 0 Å². The largest absolute Gasteiger partial charge is 0.278 e. The molecule has 0 saturated carbocycles. The Labute approximate surface area is 340 Å². The van der Waals surface area contributed by atoms with Gasteiger partial charge in [-0.15, -0.1) is 0 Å². The molecule has 0 N–H and O–H groups in total. The van der Waals surface area contributed by atoms with Crippen LogP contribution in [-0.4, -0.2) is 29.9 Å². The number of aryl methyl sites for hydroxylation is 1. The van der Waals surface area contributed by atoms with Gasteiger partial charge in [-0.25, -0.2) is 19.9 Å². The second-order valence-electron chi connectivity index (χ2n) is 14.8. The first-order valence-corrected chi connectivity index (χ1v) is 19.7. The third kappa shape index (κ3) is 5.72. The number of fused-ring (bicyclic) bond motifs is 7. The fraction of sp³-hybridized carbons (Fsp3) is 0.0189. The highest BCUT2D eigenvalue weighted by atomic mass is 15.1. The van der Waals surface area contributed by atoms with Crippen LogP contribution in [0, 0.1) is 6.92 Å². The summed E-state index contributed by atoms with van der Waals surface area (Å²) in [6.45, 7) is 6.82. The van der Waals surface area contributed by atoms with E-state index in [0.717, 1.165) is 105 Å². The number of rotatable bonds is 6. The predicted octanol–water partition coefficient (Wildman–Crippen LogP) is 12.8. The summed E-state index contributed by atoms with van der Waals surface area (Å²) in [5.74, 6) is 1.52. The monoisotopic (exact) mass is 756 g/mol. The van der Waals surface area contributed by atoms with Crippen LogP contribution in [0.25, 0.3) is 88.5 Å². The minimum absolute atomic E-state index is 0.634. The third-order valence-corrected chi connectivity index (χ3v) is 11.4. The molecule has 6 aromatic carbocycles. The molecule has 0 aliphatic carbocycles. The van der Waals surface area contributed by atoms with Crippen LogP contribution < -0.4 is 0 Å². The molecule has 0 bridgehead atoms. The van der Waals surface area contributed by atoms with E-state index in [1.807, 2.05) is 36.7 Å². The Bertz CT molecular complexity index is 3300. The number of benzene rings is 6. The van der Waals surface area contributed by atoms with Crippen molar-refractivity contribution in [3.63, 3.8) is 0 Å². The average molecular weight is 757 g/mol. The van der Waals surface area contributed by atoms with Gasteiger partial charge in [0.15, 0.2) is 0 Å². The smallest absolute Gasteiger partial charge is 0.147 e. The summed E-state index contributed by atoms with van der Waals surface area (Å²) >= 11 is 0. The lowest BCUT2D eigenvalue weighted by atomic mass is 9.95. The highest BCUT2D eigenvalue weighted by Gasteiger charge is 2.22. The van der Waals surface area contributed by atoms with E-state index in [-0.39, 0.29) is 0 Å². The number of hydrogen-bond acceptors (Lipinski definition) is 4. The molecule has 0 spiro atoms. The zero-order valence-corrected chi connectivity index (χ0v) is 32.3. The van der Waals surface area contributed by atoms with Crippen molar-refractivity contribution in [3.05, 3.63) is 212 Å². The van der Waals surface area contributed by atoms with Gasteiger partial charge in [0.25, 0.3) is 0 Å². The van der Waals surface area contributed by atoms with E-state index in [4.69, 9.17) is 19.9 Å². The van der Waals surface area contributed by atoms with E-state index in [9.17, 15) is 0 Å². The quantitative estimate of drug-likeness (QED) is 0.125. The lowest BCUT2D eigenvalue weighted by Crippen LogP contribution is -2.16. The maximum Gasteiger partial charge on any atom is 0.147 e. The van der Waals surface area contributed by atoms with Crippen LogP contribution in [0.3, 0.4) is 0 Å². The molecular weight excluding hydrogens is 721 g/mol. The molecule has 6 nitrogen and oxygen atoms in total. The van der Waals surface area contributed by atoms with Gasteiger partial charge in [-0.3, -0.25) is 9.13 Å². The lowest BCUT2D eigenvalue weighted by Gasteiger charge is -2.17. The van der Waals surface area contributed by atoms with E-state index >= 15 is 0 Å². The van der Waals surface area contributed by atoms with Crippen LogP contribution in [-0.2, 0) is 0 Å². The summed E-state index contributed by atoms with van der Waals surface area (Å²) < 4.78 is 4.35. The van der Waals surface area contributed by atoms with Crippen LogP contribution in [0.2, 0.25) is 0 Å². The van der Waals surface area contributed by atoms with Gasteiger partial charge >= 0.3 is 0 Å². The highest BCUT2D eigenvalue weighted by Crippen LogP contribution is 2.36. The van der Waals surface area contributed by atoms with Gasteiger partial charge in [0.2, 0.25) is 0 Å². The first kappa shape index (κ1) is 34.3. The molecule has 278 valence electrons. The van der Waals surface area contributed by atoms with Crippen molar-refractivity contribution in [3.8, 4) is 28.1 Å². The second kappa shape index (κ2) is 13.9. The minimum Gasteiger partial charge on any atom is -0.278 e. The van der Waals surface area contributed by atoms with E-state index in [0.29, 0.717) is 5.70 Å². The van der Waals surface area contributed by atoms with Crippen LogP contribution in [0.15, 0.2) is 200 Å². The van der Waals surface area contributed by atoms with Gasteiger partial charge in [-0.05, 0) is 101 Å².